The van der Waals surface area contributed by atoms with Gasteiger partial charge in [0.25, 0.3) is 0 Å². The number of aryl methyl sites for hydroxylation is 1. The molecule has 58 heavy (non-hydrogen) atoms. The summed E-state index contributed by atoms with van der Waals surface area (Å²) in [4.78, 5) is 36.3. The summed E-state index contributed by atoms with van der Waals surface area (Å²) >= 11 is 0. The van der Waals surface area contributed by atoms with E-state index >= 15 is 0 Å². The third-order valence-corrected chi connectivity index (χ3v) is 12.9. The molecule has 3 fully saturated rings. The molecule has 2 aromatic carbocycles. The fourth-order valence-electron chi connectivity index (χ4n) is 8.12. The predicted octanol–water partition coefficient (Wildman–Crippen LogP) is 4.75. The number of aromatic nitrogens is 4. The second-order valence-corrected chi connectivity index (χ2v) is 16.8. The van der Waals surface area contributed by atoms with Gasteiger partial charge in [-0.25, -0.2) is 13.5 Å². The molecule has 1 saturated carbocycles. The molecule has 7 rings (SSSR count). The fraction of sp³-hybridized carbons (Fsp3) is 0.525. The van der Waals surface area contributed by atoms with E-state index in [1.54, 1.807) is 11.7 Å². The lowest BCUT2D eigenvalue weighted by molar-refractivity contribution is -0.140. The predicted molar refractivity (Wildman–Crippen MR) is 212 cm³/mol. The highest BCUT2D eigenvalue weighted by Crippen LogP contribution is 2.38. The highest BCUT2D eigenvalue weighted by Gasteiger charge is 2.39. The van der Waals surface area contributed by atoms with Crippen molar-refractivity contribution >= 4 is 46.0 Å². The molecule has 18 heteroatoms. The molecule has 4 aromatic rings. The third kappa shape index (κ3) is 9.62. The number of alkyl halides is 3. The molecule has 14 nitrogen and oxygen atoms in total. The molecule has 4 heterocycles. The van der Waals surface area contributed by atoms with E-state index in [4.69, 9.17) is 4.74 Å². The molecule has 2 amide bonds. The van der Waals surface area contributed by atoms with Crippen LogP contribution in [-0.4, -0.2) is 109 Å². The first-order valence-corrected chi connectivity index (χ1v) is 20.9. The summed E-state index contributed by atoms with van der Waals surface area (Å²) in [6.45, 7) is 3.82. The Balaban J connectivity index is 0.906. The summed E-state index contributed by atoms with van der Waals surface area (Å²) < 4.78 is 64.1. The molecule has 2 aliphatic heterocycles. The fourth-order valence-corrected chi connectivity index (χ4v) is 9.40. The van der Waals surface area contributed by atoms with Gasteiger partial charge in [0, 0.05) is 64.3 Å². The van der Waals surface area contributed by atoms with Gasteiger partial charge in [0.2, 0.25) is 24.1 Å². The monoisotopic (exact) mass is 825 g/mol. The van der Waals surface area contributed by atoms with Gasteiger partial charge in [-0.3, -0.25) is 24.1 Å². The van der Waals surface area contributed by atoms with Crippen molar-refractivity contribution in [1.82, 2.24) is 34.3 Å². The van der Waals surface area contributed by atoms with Gasteiger partial charge < -0.3 is 20.5 Å². The first-order chi connectivity index (χ1) is 27.9. The Morgan fingerprint density at radius 3 is 2.53 bits per heavy atom. The number of hydrogen-bond donors (Lipinski definition) is 3. The Morgan fingerprint density at radius 2 is 1.84 bits per heavy atom. The molecule has 3 aliphatic rings. The van der Waals surface area contributed by atoms with E-state index in [9.17, 15) is 32.1 Å². The summed E-state index contributed by atoms with van der Waals surface area (Å²) in [6, 6.07) is 14.0. The Morgan fingerprint density at radius 1 is 1.07 bits per heavy atom. The number of anilines is 2. The molecule has 0 spiro atoms. The summed E-state index contributed by atoms with van der Waals surface area (Å²) in [7, 11) is 2.05. The van der Waals surface area contributed by atoms with Crippen molar-refractivity contribution in [2.75, 3.05) is 50.0 Å². The van der Waals surface area contributed by atoms with Gasteiger partial charge in [-0.05, 0) is 99.3 Å². The van der Waals surface area contributed by atoms with Crippen molar-refractivity contribution in [3.63, 3.8) is 0 Å². The number of likely N-dealkylation sites (tertiary alicyclic amines) is 1. The number of rotatable bonds is 14. The van der Waals surface area contributed by atoms with Gasteiger partial charge in [0.05, 0.1) is 16.5 Å². The number of benzene rings is 2. The number of fused-ring (bicyclic) bond motifs is 1. The first-order valence-electron chi connectivity index (χ1n) is 19.8. The van der Waals surface area contributed by atoms with Crippen LogP contribution in [0, 0.1) is 0 Å². The molecule has 0 radical (unpaired) electrons. The lowest BCUT2D eigenvalue weighted by atomic mass is 9.89. The highest BCUT2D eigenvalue weighted by atomic mass is 32.2. The van der Waals surface area contributed by atoms with E-state index in [0.29, 0.717) is 63.3 Å². The topological polar surface area (TPSA) is 158 Å². The largest absolute Gasteiger partial charge is 0.471 e. The Labute approximate surface area is 337 Å². The van der Waals surface area contributed by atoms with Gasteiger partial charge in [0.15, 0.2) is 5.82 Å². The molecular weight excluding hydrogens is 776 g/mol. The number of piperidine rings is 2. The summed E-state index contributed by atoms with van der Waals surface area (Å²) in [5.74, 6) is 0.204. The van der Waals surface area contributed by atoms with Crippen molar-refractivity contribution < 1.29 is 36.8 Å². The molecular formula is C40H50F3N9O5S. The average molecular weight is 826 g/mol. The number of carbonyl (C=O) groups is 2. The lowest BCUT2D eigenvalue weighted by Gasteiger charge is -2.33. The minimum absolute atomic E-state index is 0.0225. The van der Waals surface area contributed by atoms with E-state index in [1.165, 1.54) is 10.5 Å². The third-order valence-electron chi connectivity index (χ3n) is 11.4. The van der Waals surface area contributed by atoms with E-state index < -0.39 is 40.8 Å². The zero-order valence-electron chi connectivity index (χ0n) is 32.7. The van der Waals surface area contributed by atoms with E-state index in [1.807, 2.05) is 35.6 Å². The molecule has 0 bridgehead atoms. The summed E-state index contributed by atoms with van der Waals surface area (Å²) in [6.07, 6.45) is 0.0476. The SMILES string of the molecule is CNC(=O)CCN(C=O)c1nn(C)c2cc(C3CCN(Cc4cccc(S(=O)N5CCC(Nc6ncc(C(F)(F)F)c(OC7CCCC7O)n6)CC5)c4)CC3)ccc12. The van der Waals surface area contributed by atoms with Crippen LogP contribution in [0.2, 0.25) is 0 Å². The number of nitrogens with one attached hydrogen (secondary N) is 2. The van der Waals surface area contributed by atoms with Crippen LogP contribution in [0.15, 0.2) is 53.6 Å². The van der Waals surface area contributed by atoms with Crippen molar-refractivity contribution in [1.29, 1.82) is 0 Å². The quantitative estimate of drug-likeness (QED) is 0.152. The molecule has 1 aliphatic carbocycles. The standard InChI is InChI=1S/C40H50F3N9O5S/c1-44-36(55)15-18-51(25-53)37-31-10-9-28(22-33(31)49(2)48-37)27-11-16-50(17-12-27)24-26-5-3-6-30(21-26)58(56)52-19-13-29(14-20-52)46-39-45-23-32(40(41,42)43)38(47-39)57-35-8-4-7-34(35)54/h3,5-6,9-10,21-23,25,27,29,34-35,54H,4,7-8,11-20,24H2,1-2H3,(H,44,55)(H,45,46,47). The number of carbonyl (C=O) groups excluding carboxylic acids is 2. The maximum absolute atomic E-state index is 13.7. The zero-order valence-corrected chi connectivity index (χ0v) is 33.5. The minimum atomic E-state index is -4.70. The summed E-state index contributed by atoms with van der Waals surface area (Å²) in [5, 5.41) is 21.3. The van der Waals surface area contributed by atoms with Gasteiger partial charge in [0.1, 0.15) is 22.7 Å². The van der Waals surface area contributed by atoms with Crippen molar-refractivity contribution in [3.05, 3.63) is 65.4 Å². The van der Waals surface area contributed by atoms with Gasteiger partial charge in [-0.15, -0.1) is 0 Å². The normalized spacial score (nSPS) is 20.6. The van der Waals surface area contributed by atoms with E-state index in [2.05, 4.69) is 48.8 Å². The Hall–Kier alpha value is -4.65. The summed E-state index contributed by atoms with van der Waals surface area (Å²) in [5.41, 5.74) is 2.17. The second-order valence-electron chi connectivity index (χ2n) is 15.3. The van der Waals surface area contributed by atoms with Gasteiger partial charge in [-0.2, -0.15) is 23.3 Å². The number of amides is 2. The second kappa shape index (κ2) is 18.1. The molecule has 3 N–H and O–H groups in total. The number of ether oxygens (including phenoxy) is 1. The Bertz CT molecular complexity index is 2100. The number of nitrogens with zero attached hydrogens (tertiary/aromatic N) is 7. The Kier molecular flexibility index (Phi) is 12.9. The van der Waals surface area contributed by atoms with Crippen LogP contribution in [0.1, 0.15) is 74.0 Å². The van der Waals surface area contributed by atoms with Gasteiger partial charge in [-0.1, -0.05) is 18.2 Å². The van der Waals surface area contributed by atoms with Crippen LogP contribution >= 0.6 is 0 Å². The van der Waals surface area contributed by atoms with Crippen molar-refractivity contribution in [2.45, 2.75) is 93.2 Å². The van der Waals surface area contributed by atoms with Gasteiger partial charge >= 0.3 is 6.18 Å². The van der Waals surface area contributed by atoms with Crippen LogP contribution in [0.25, 0.3) is 10.9 Å². The average Bonchev–Trinajstić information content (AvgIpc) is 3.78. The van der Waals surface area contributed by atoms with Crippen molar-refractivity contribution in [2.24, 2.45) is 7.05 Å². The lowest BCUT2D eigenvalue weighted by Crippen LogP contribution is -2.40. The van der Waals surface area contributed by atoms with Crippen LogP contribution in [-0.2, 0) is 40.3 Å². The smallest absolute Gasteiger partial charge is 0.423 e. The number of aliphatic hydroxyl groups excluding tert-OH is 1. The molecule has 2 saturated heterocycles. The molecule has 312 valence electrons. The maximum Gasteiger partial charge on any atom is 0.423 e. The van der Waals surface area contributed by atoms with E-state index in [0.717, 1.165) is 60.0 Å². The number of aliphatic hydroxyl groups is 1. The zero-order chi connectivity index (χ0) is 41.0. The van der Waals surface area contributed by atoms with Crippen LogP contribution < -0.4 is 20.3 Å². The maximum atomic E-state index is 13.7. The highest BCUT2D eigenvalue weighted by molar-refractivity contribution is 7.82. The number of hydrogen-bond acceptors (Lipinski definition) is 10. The van der Waals surface area contributed by atoms with E-state index in [-0.39, 0.29) is 30.9 Å². The molecule has 3 unspecified atom stereocenters. The van der Waals surface area contributed by atoms with Crippen LogP contribution in [0.3, 0.4) is 0 Å². The van der Waals surface area contributed by atoms with Crippen LogP contribution in [0.5, 0.6) is 5.88 Å². The molecule has 3 atom stereocenters. The number of halogens is 3. The van der Waals surface area contributed by atoms with Crippen LogP contribution in [0.4, 0.5) is 24.9 Å². The molecule has 2 aromatic heterocycles. The minimum Gasteiger partial charge on any atom is -0.471 e. The first kappa shape index (κ1) is 41.5. The van der Waals surface area contributed by atoms with Crippen molar-refractivity contribution in [3.8, 4) is 5.88 Å².